The van der Waals surface area contributed by atoms with Crippen molar-refractivity contribution in [2.75, 3.05) is 0 Å². The Labute approximate surface area is 198 Å². The predicted octanol–water partition coefficient (Wildman–Crippen LogP) is 7.73. The van der Waals surface area contributed by atoms with Gasteiger partial charge in [0, 0.05) is 0 Å². The Bertz CT molecular complexity index is 835. The number of rotatable bonds is 9. The number of nitriles is 1. The van der Waals surface area contributed by atoms with Crippen LogP contribution >= 0.6 is 0 Å². The van der Waals surface area contributed by atoms with Crippen molar-refractivity contribution in [3.8, 4) is 6.07 Å². The van der Waals surface area contributed by atoms with Crippen molar-refractivity contribution in [2.45, 2.75) is 96.0 Å². The number of allylic oxidation sites excluding steroid dienone is 4. The fourth-order valence-electron chi connectivity index (χ4n) is 5.32. The molecule has 1 aromatic carbocycles. The minimum atomic E-state index is -0.764. The maximum absolute atomic E-state index is 12.7. The quantitative estimate of drug-likeness (QED) is 0.219. The van der Waals surface area contributed by atoms with Gasteiger partial charge in [-0.25, -0.2) is 0 Å². The molecule has 2 fully saturated rings. The van der Waals surface area contributed by atoms with E-state index in [9.17, 15) is 9.18 Å². The first-order valence-electron chi connectivity index (χ1n) is 12.8. The Morgan fingerprint density at radius 3 is 2.42 bits per heavy atom. The van der Waals surface area contributed by atoms with Crippen molar-refractivity contribution < 1.29 is 13.9 Å². The number of carbonyl (C=O) groups excluding carboxylic acids is 1. The van der Waals surface area contributed by atoms with Gasteiger partial charge in [-0.3, -0.25) is 4.79 Å². The maximum Gasteiger partial charge on any atom is 0.309 e. The number of esters is 1. The molecule has 33 heavy (non-hydrogen) atoms. The third kappa shape index (κ3) is 8.14. The monoisotopic (exact) mass is 451 g/mol. The minimum Gasteiger partial charge on any atom is -0.462 e. The molecule has 0 N–H and O–H groups in total. The van der Waals surface area contributed by atoms with Crippen molar-refractivity contribution >= 4 is 5.97 Å². The second kappa shape index (κ2) is 13.3. The lowest BCUT2D eigenvalue weighted by Gasteiger charge is -2.31. The van der Waals surface area contributed by atoms with Crippen LogP contribution in [0.2, 0.25) is 0 Å². The highest BCUT2D eigenvalue weighted by Gasteiger charge is 2.30. The normalized spacial score (nSPS) is 26.2. The molecule has 0 aromatic heterocycles. The summed E-state index contributed by atoms with van der Waals surface area (Å²) in [6, 6.07) is 10.6. The van der Waals surface area contributed by atoms with E-state index >= 15 is 0 Å². The summed E-state index contributed by atoms with van der Waals surface area (Å²) < 4.78 is 18.7. The Morgan fingerprint density at radius 2 is 1.79 bits per heavy atom. The molecule has 0 aliphatic heterocycles. The lowest BCUT2D eigenvalue weighted by Crippen LogP contribution is -2.29. The van der Waals surface area contributed by atoms with Crippen LogP contribution in [0.15, 0.2) is 48.3 Å². The van der Waals surface area contributed by atoms with Gasteiger partial charge in [-0.1, -0.05) is 49.8 Å². The molecule has 0 saturated heterocycles. The van der Waals surface area contributed by atoms with E-state index in [1.54, 1.807) is 6.08 Å². The van der Waals surface area contributed by atoms with Crippen LogP contribution in [-0.4, -0.2) is 12.1 Å². The summed E-state index contributed by atoms with van der Waals surface area (Å²) in [4.78, 5) is 12.7. The molecule has 0 radical (unpaired) electrons. The van der Waals surface area contributed by atoms with E-state index in [4.69, 9.17) is 10.00 Å². The molecular formula is C29H38FNO2. The highest BCUT2D eigenvalue weighted by Crippen LogP contribution is 2.36. The molecule has 0 bridgehead atoms. The van der Waals surface area contributed by atoms with Crippen molar-refractivity contribution in [1.29, 1.82) is 5.26 Å². The molecular weight excluding hydrogens is 413 g/mol. The summed E-state index contributed by atoms with van der Waals surface area (Å²) >= 11 is 0. The molecule has 0 spiro atoms. The molecule has 3 nitrogen and oxygen atoms in total. The van der Waals surface area contributed by atoms with Gasteiger partial charge in [0.15, 0.2) is 5.83 Å². The maximum atomic E-state index is 12.7. The fourth-order valence-corrected chi connectivity index (χ4v) is 5.32. The summed E-state index contributed by atoms with van der Waals surface area (Å²) in [5, 5.41) is 8.39. The van der Waals surface area contributed by atoms with Gasteiger partial charge in [-0.15, -0.1) is 0 Å². The number of hydrogen-bond donors (Lipinski definition) is 0. The van der Waals surface area contributed by atoms with Crippen LogP contribution in [-0.2, 0) is 16.0 Å². The van der Waals surface area contributed by atoms with Crippen molar-refractivity contribution in [3.63, 3.8) is 0 Å². The zero-order chi connectivity index (χ0) is 23.5. The van der Waals surface area contributed by atoms with E-state index in [2.05, 4.69) is 31.2 Å². The topological polar surface area (TPSA) is 50.1 Å². The van der Waals surface area contributed by atoms with Crippen LogP contribution in [0, 0.1) is 23.2 Å². The Balaban J connectivity index is 1.33. The second-order valence-electron chi connectivity index (χ2n) is 9.75. The number of ether oxygens (including phenoxy) is 1. The molecule has 1 aromatic rings. The third-order valence-corrected chi connectivity index (χ3v) is 7.35. The van der Waals surface area contributed by atoms with Crippen LogP contribution in [0.4, 0.5) is 4.39 Å². The number of hydrogen-bond acceptors (Lipinski definition) is 3. The lowest BCUT2D eigenvalue weighted by atomic mass is 9.79. The molecule has 4 heteroatoms. The fraction of sp³-hybridized carbons (Fsp3) is 0.586. The minimum absolute atomic E-state index is 0.0119. The average molecular weight is 452 g/mol. The molecule has 2 saturated carbocycles. The lowest BCUT2D eigenvalue weighted by molar-refractivity contribution is -0.157. The van der Waals surface area contributed by atoms with Crippen LogP contribution in [0.1, 0.15) is 94.6 Å². The zero-order valence-electron chi connectivity index (χ0n) is 20.0. The standard InChI is InChI=1S/C29H38FNO2/c1-2-6-22-9-13-24(14-10-22)25-17-19-28(20-18-25)33-29(32)26-15-11-23(12-16-26)7-4-3-5-8-27(30)21-31/h3,5,8-10,13-14,23,25-26,28H,2,4,6-7,11-12,15-20H2,1H3/t23-,25-,26-,28-. The van der Waals surface area contributed by atoms with Gasteiger partial charge in [0.1, 0.15) is 12.2 Å². The second-order valence-corrected chi connectivity index (χ2v) is 9.75. The number of benzene rings is 1. The van der Waals surface area contributed by atoms with E-state index in [-0.39, 0.29) is 18.0 Å². The van der Waals surface area contributed by atoms with Gasteiger partial charge in [0.25, 0.3) is 0 Å². The first-order valence-corrected chi connectivity index (χ1v) is 12.8. The molecule has 0 heterocycles. The van der Waals surface area contributed by atoms with Crippen LogP contribution in [0.5, 0.6) is 0 Å². The van der Waals surface area contributed by atoms with E-state index in [1.165, 1.54) is 29.7 Å². The third-order valence-electron chi connectivity index (χ3n) is 7.35. The van der Waals surface area contributed by atoms with Gasteiger partial charge in [-0.05, 0) is 99.7 Å². The summed E-state index contributed by atoms with van der Waals surface area (Å²) in [5.41, 5.74) is 2.84. The van der Waals surface area contributed by atoms with Crippen LogP contribution in [0.3, 0.4) is 0 Å². The van der Waals surface area contributed by atoms with E-state index in [0.29, 0.717) is 11.8 Å². The Kier molecular flexibility index (Phi) is 10.2. The van der Waals surface area contributed by atoms with E-state index < -0.39 is 5.83 Å². The van der Waals surface area contributed by atoms with Gasteiger partial charge >= 0.3 is 5.97 Å². The summed E-state index contributed by atoms with van der Waals surface area (Å²) in [7, 11) is 0. The zero-order valence-corrected chi connectivity index (χ0v) is 20.0. The van der Waals surface area contributed by atoms with Crippen molar-refractivity contribution in [3.05, 3.63) is 59.4 Å². The molecule has 0 atom stereocenters. The van der Waals surface area contributed by atoms with Crippen LogP contribution < -0.4 is 0 Å². The number of nitrogens with zero attached hydrogens (tertiary/aromatic N) is 1. The number of carbonyl (C=O) groups is 1. The number of aryl methyl sites for hydroxylation is 1. The molecule has 0 unspecified atom stereocenters. The smallest absolute Gasteiger partial charge is 0.309 e. The Morgan fingerprint density at radius 1 is 1.09 bits per heavy atom. The largest absolute Gasteiger partial charge is 0.462 e. The first-order chi connectivity index (χ1) is 16.1. The van der Waals surface area contributed by atoms with Gasteiger partial charge in [0.05, 0.1) is 5.92 Å². The van der Waals surface area contributed by atoms with E-state index in [0.717, 1.165) is 70.6 Å². The molecule has 2 aliphatic carbocycles. The summed E-state index contributed by atoms with van der Waals surface area (Å²) in [5.74, 6) is 0.501. The van der Waals surface area contributed by atoms with Crippen LogP contribution in [0.25, 0.3) is 0 Å². The predicted molar refractivity (Wildman–Crippen MR) is 130 cm³/mol. The van der Waals surface area contributed by atoms with Gasteiger partial charge in [0.2, 0.25) is 0 Å². The molecule has 2 aliphatic rings. The van der Waals surface area contributed by atoms with Gasteiger partial charge in [-0.2, -0.15) is 9.65 Å². The Hall–Kier alpha value is -2.41. The SMILES string of the molecule is CCCc1ccc([C@H]2CC[C@H](OC(=O)[C@H]3CC[C@H](CCC=CC=C(F)C#N)CC3)CC2)cc1. The van der Waals surface area contributed by atoms with Crippen molar-refractivity contribution in [1.82, 2.24) is 0 Å². The molecule has 0 amide bonds. The first kappa shape index (κ1) is 25.2. The molecule has 3 rings (SSSR count). The summed E-state index contributed by atoms with van der Waals surface area (Å²) in [6.07, 6.45) is 17.1. The summed E-state index contributed by atoms with van der Waals surface area (Å²) in [6.45, 7) is 2.21. The van der Waals surface area contributed by atoms with Crippen molar-refractivity contribution in [2.24, 2.45) is 11.8 Å². The molecule has 178 valence electrons. The highest BCUT2D eigenvalue weighted by molar-refractivity contribution is 5.72. The van der Waals surface area contributed by atoms with E-state index in [1.807, 2.05) is 6.08 Å². The number of halogens is 1. The van der Waals surface area contributed by atoms with Gasteiger partial charge < -0.3 is 4.74 Å². The highest BCUT2D eigenvalue weighted by atomic mass is 19.1. The average Bonchev–Trinajstić information content (AvgIpc) is 2.85.